The molecule has 98 valence electrons. The monoisotopic (exact) mass is 279 g/mol. The Morgan fingerprint density at radius 3 is 2.89 bits per heavy atom. The Kier molecular flexibility index (Phi) is 3.66. The van der Waals surface area contributed by atoms with Gasteiger partial charge in [-0.15, -0.1) is 0 Å². The predicted octanol–water partition coefficient (Wildman–Crippen LogP) is 1.93. The number of aromatic amines is 1. The number of ketones is 1. The largest absolute Gasteiger partial charge is 0.456 e. The number of hydrogen-bond acceptors (Lipinski definition) is 4. The molecule has 1 atom stereocenters. The standard InChI is InChI=1S/C13H10ClNO4/c1-7(19-6-16)12(17)10-5-15-11-3-2-8(14)4-9(11)13(10)18/h2-7H,1H3,(H,15,18). The van der Waals surface area contributed by atoms with Crippen molar-refractivity contribution in [2.75, 3.05) is 0 Å². The summed E-state index contributed by atoms with van der Waals surface area (Å²) < 4.78 is 4.54. The van der Waals surface area contributed by atoms with Crippen molar-refractivity contribution >= 4 is 34.8 Å². The van der Waals surface area contributed by atoms with Gasteiger partial charge >= 0.3 is 0 Å². The van der Waals surface area contributed by atoms with Crippen molar-refractivity contribution in [3.63, 3.8) is 0 Å². The zero-order valence-corrected chi connectivity index (χ0v) is 10.7. The molecule has 0 aliphatic carbocycles. The first kappa shape index (κ1) is 13.3. The Labute approximate surface area is 113 Å². The van der Waals surface area contributed by atoms with Gasteiger partial charge in [0.25, 0.3) is 6.47 Å². The molecule has 1 heterocycles. The summed E-state index contributed by atoms with van der Waals surface area (Å²) in [6.45, 7) is 1.58. The Hall–Kier alpha value is -2.14. The van der Waals surface area contributed by atoms with Crippen LogP contribution in [0.4, 0.5) is 0 Å². The molecule has 0 saturated heterocycles. The van der Waals surface area contributed by atoms with Crippen LogP contribution in [0.25, 0.3) is 10.9 Å². The maximum atomic E-state index is 12.2. The molecular weight excluding hydrogens is 270 g/mol. The lowest BCUT2D eigenvalue weighted by atomic mass is 10.1. The minimum absolute atomic E-state index is 0.0656. The molecule has 1 unspecified atom stereocenters. The molecule has 0 fully saturated rings. The average molecular weight is 280 g/mol. The van der Waals surface area contributed by atoms with E-state index in [0.29, 0.717) is 15.9 Å². The van der Waals surface area contributed by atoms with Crippen LogP contribution in [0.1, 0.15) is 17.3 Å². The number of pyridine rings is 1. The van der Waals surface area contributed by atoms with E-state index >= 15 is 0 Å². The molecule has 5 nitrogen and oxygen atoms in total. The molecule has 0 spiro atoms. The third-order valence-electron chi connectivity index (χ3n) is 2.74. The molecule has 0 bridgehead atoms. The second kappa shape index (κ2) is 5.24. The predicted molar refractivity (Wildman–Crippen MR) is 70.5 cm³/mol. The summed E-state index contributed by atoms with van der Waals surface area (Å²) in [4.78, 5) is 37.2. The summed E-state index contributed by atoms with van der Waals surface area (Å²) in [5, 5.41) is 0.719. The average Bonchev–Trinajstić information content (AvgIpc) is 2.39. The van der Waals surface area contributed by atoms with Gasteiger partial charge in [-0.2, -0.15) is 0 Å². The second-order valence-electron chi connectivity index (χ2n) is 3.96. The van der Waals surface area contributed by atoms with Crippen LogP contribution in [0.3, 0.4) is 0 Å². The van der Waals surface area contributed by atoms with Gasteiger partial charge in [-0.3, -0.25) is 14.4 Å². The maximum Gasteiger partial charge on any atom is 0.293 e. The molecular formula is C13H10ClNO4. The minimum atomic E-state index is -1.00. The van der Waals surface area contributed by atoms with Crippen molar-refractivity contribution in [1.82, 2.24) is 4.98 Å². The molecule has 1 aromatic carbocycles. The quantitative estimate of drug-likeness (QED) is 0.685. The lowest BCUT2D eigenvalue weighted by Crippen LogP contribution is -2.26. The highest BCUT2D eigenvalue weighted by molar-refractivity contribution is 6.31. The van der Waals surface area contributed by atoms with Crippen LogP contribution in [0, 0.1) is 0 Å². The number of halogens is 1. The number of fused-ring (bicyclic) bond motifs is 1. The van der Waals surface area contributed by atoms with E-state index < -0.39 is 17.3 Å². The van der Waals surface area contributed by atoms with Gasteiger partial charge < -0.3 is 9.72 Å². The molecule has 6 heteroatoms. The van der Waals surface area contributed by atoms with Crippen LogP contribution >= 0.6 is 11.6 Å². The van der Waals surface area contributed by atoms with Crippen LogP contribution < -0.4 is 5.43 Å². The fourth-order valence-corrected chi connectivity index (χ4v) is 1.91. The fourth-order valence-electron chi connectivity index (χ4n) is 1.74. The fraction of sp³-hybridized carbons (Fsp3) is 0.154. The minimum Gasteiger partial charge on any atom is -0.456 e. The van der Waals surface area contributed by atoms with Crippen molar-refractivity contribution in [1.29, 1.82) is 0 Å². The number of H-pyrrole nitrogens is 1. The lowest BCUT2D eigenvalue weighted by molar-refractivity contribution is -0.131. The smallest absolute Gasteiger partial charge is 0.293 e. The van der Waals surface area contributed by atoms with E-state index in [1.807, 2.05) is 0 Å². The molecule has 0 aliphatic rings. The summed E-state index contributed by atoms with van der Waals surface area (Å²) in [5.41, 5.74) is 0.0709. The van der Waals surface area contributed by atoms with Crippen molar-refractivity contribution in [3.05, 3.63) is 45.2 Å². The van der Waals surface area contributed by atoms with Crippen molar-refractivity contribution < 1.29 is 14.3 Å². The Balaban J connectivity index is 2.57. The van der Waals surface area contributed by atoms with E-state index in [1.54, 1.807) is 12.1 Å². The van der Waals surface area contributed by atoms with E-state index in [2.05, 4.69) is 9.72 Å². The number of aromatic nitrogens is 1. The first-order valence-corrected chi connectivity index (χ1v) is 5.86. The number of carbonyl (C=O) groups excluding carboxylic acids is 2. The molecule has 1 N–H and O–H groups in total. The molecule has 2 rings (SSSR count). The van der Waals surface area contributed by atoms with Gasteiger partial charge in [-0.05, 0) is 25.1 Å². The zero-order chi connectivity index (χ0) is 14.0. The van der Waals surface area contributed by atoms with Crippen molar-refractivity contribution in [3.8, 4) is 0 Å². The van der Waals surface area contributed by atoms with Gasteiger partial charge in [0.05, 0.1) is 5.56 Å². The number of hydrogen-bond donors (Lipinski definition) is 1. The van der Waals surface area contributed by atoms with Crippen LogP contribution in [-0.4, -0.2) is 23.3 Å². The van der Waals surface area contributed by atoms with E-state index in [-0.39, 0.29) is 12.0 Å². The zero-order valence-electron chi connectivity index (χ0n) is 9.98. The number of rotatable bonds is 4. The van der Waals surface area contributed by atoms with Gasteiger partial charge in [0, 0.05) is 22.1 Å². The van der Waals surface area contributed by atoms with Crippen molar-refractivity contribution in [2.45, 2.75) is 13.0 Å². The molecule has 2 aromatic rings. The van der Waals surface area contributed by atoms with Gasteiger partial charge in [0.15, 0.2) is 11.5 Å². The molecule has 0 saturated carbocycles. The Morgan fingerprint density at radius 2 is 2.21 bits per heavy atom. The molecule has 0 amide bonds. The highest BCUT2D eigenvalue weighted by atomic mass is 35.5. The highest BCUT2D eigenvalue weighted by Crippen LogP contribution is 2.15. The molecule has 1 aromatic heterocycles. The first-order chi connectivity index (χ1) is 9.04. The van der Waals surface area contributed by atoms with E-state index in [0.717, 1.165) is 0 Å². The third kappa shape index (κ3) is 2.51. The normalized spacial score (nSPS) is 12.1. The molecule has 0 radical (unpaired) electrons. The molecule has 0 aliphatic heterocycles. The van der Waals surface area contributed by atoms with E-state index in [1.165, 1.54) is 19.2 Å². The third-order valence-corrected chi connectivity index (χ3v) is 2.97. The van der Waals surface area contributed by atoms with Gasteiger partial charge in [0.2, 0.25) is 5.78 Å². The van der Waals surface area contributed by atoms with Gasteiger partial charge in [-0.25, -0.2) is 0 Å². The van der Waals surface area contributed by atoms with Crippen LogP contribution in [-0.2, 0) is 9.53 Å². The Bertz CT molecular complexity index is 707. The lowest BCUT2D eigenvalue weighted by Gasteiger charge is -2.08. The van der Waals surface area contributed by atoms with E-state index in [9.17, 15) is 14.4 Å². The van der Waals surface area contributed by atoms with Gasteiger partial charge in [0.1, 0.15) is 0 Å². The SMILES string of the molecule is CC(OC=O)C(=O)c1c[nH]c2ccc(Cl)cc2c1=O. The summed E-state index contributed by atoms with van der Waals surface area (Å²) in [5.74, 6) is -0.560. The number of Topliss-reactive ketones (excluding diaryl/α,β-unsaturated/α-hetero) is 1. The van der Waals surface area contributed by atoms with Crippen molar-refractivity contribution in [2.24, 2.45) is 0 Å². The number of ether oxygens (including phenoxy) is 1. The van der Waals surface area contributed by atoms with E-state index in [4.69, 9.17) is 11.6 Å². The first-order valence-electron chi connectivity index (χ1n) is 5.49. The van der Waals surface area contributed by atoms with Crippen LogP contribution in [0.5, 0.6) is 0 Å². The number of carbonyl (C=O) groups is 2. The van der Waals surface area contributed by atoms with Crippen LogP contribution in [0.2, 0.25) is 5.02 Å². The summed E-state index contributed by atoms with van der Waals surface area (Å²) in [6, 6.07) is 4.77. The number of benzene rings is 1. The summed E-state index contributed by atoms with van der Waals surface area (Å²) >= 11 is 5.83. The topological polar surface area (TPSA) is 76.2 Å². The Morgan fingerprint density at radius 1 is 1.47 bits per heavy atom. The maximum absolute atomic E-state index is 12.2. The second-order valence-corrected chi connectivity index (χ2v) is 4.40. The van der Waals surface area contributed by atoms with Gasteiger partial charge in [-0.1, -0.05) is 11.6 Å². The number of nitrogens with one attached hydrogen (secondary N) is 1. The summed E-state index contributed by atoms with van der Waals surface area (Å²) in [7, 11) is 0. The molecule has 19 heavy (non-hydrogen) atoms. The van der Waals surface area contributed by atoms with Crippen LogP contribution in [0.15, 0.2) is 29.2 Å². The summed E-state index contributed by atoms with van der Waals surface area (Å²) in [6.07, 6.45) is 0.307. The highest BCUT2D eigenvalue weighted by Gasteiger charge is 2.20.